The average Bonchev–Trinajstić information content (AvgIpc) is 3.41. The van der Waals surface area contributed by atoms with Crippen molar-refractivity contribution in [2.24, 2.45) is 11.8 Å². The van der Waals surface area contributed by atoms with Crippen molar-refractivity contribution in [3.63, 3.8) is 0 Å². The molecule has 1 heterocycles. The van der Waals surface area contributed by atoms with Gasteiger partial charge in [-0.25, -0.2) is 0 Å². The first-order chi connectivity index (χ1) is 11.1. The first-order valence-corrected chi connectivity index (χ1v) is 8.06. The van der Waals surface area contributed by atoms with Crippen molar-refractivity contribution in [1.82, 2.24) is 4.98 Å². The van der Waals surface area contributed by atoms with Crippen molar-refractivity contribution in [2.75, 3.05) is 5.32 Å². The lowest BCUT2D eigenvalue weighted by Crippen LogP contribution is -2.22. The molecule has 0 unspecified atom stereocenters. The van der Waals surface area contributed by atoms with Crippen LogP contribution in [0.4, 0.5) is 5.69 Å². The van der Waals surface area contributed by atoms with Crippen LogP contribution in [0.2, 0.25) is 0 Å². The number of benzene rings is 1. The number of aliphatic hydroxyl groups is 1. The summed E-state index contributed by atoms with van der Waals surface area (Å²) in [5.41, 5.74) is 3.07. The van der Waals surface area contributed by atoms with Crippen molar-refractivity contribution in [2.45, 2.75) is 32.8 Å². The van der Waals surface area contributed by atoms with Crippen molar-refractivity contribution >= 4 is 11.6 Å². The Morgan fingerprint density at radius 1 is 1.30 bits per heavy atom. The van der Waals surface area contributed by atoms with Crippen molar-refractivity contribution < 1.29 is 9.90 Å². The Morgan fingerprint density at radius 3 is 2.74 bits per heavy atom. The van der Waals surface area contributed by atoms with Crippen LogP contribution in [0.25, 0.3) is 0 Å². The molecule has 1 aromatic carbocycles. The molecule has 0 saturated heterocycles. The molecule has 1 aliphatic carbocycles. The maximum atomic E-state index is 12.3. The SMILES string of the molecule is Cc1ccc([C@@H](O)c2ccccn2)cc1NC(=O)[C@H](C)C1CC1. The third-order valence-electron chi connectivity index (χ3n) is 4.55. The summed E-state index contributed by atoms with van der Waals surface area (Å²) in [6.45, 7) is 3.93. The highest BCUT2D eigenvalue weighted by atomic mass is 16.3. The van der Waals surface area contributed by atoms with Crippen molar-refractivity contribution in [3.05, 3.63) is 59.4 Å². The smallest absolute Gasteiger partial charge is 0.227 e. The van der Waals surface area contributed by atoms with Gasteiger partial charge < -0.3 is 10.4 Å². The lowest BCUT2D eigenvalue weighted by Gasteiger charge is -2.16. The number of nitrogens with zero attached hydrogens (tertiary/aromatic N) is 1. The first-order valence-electron chi connectivity index (χ1n) is 8.06. The number of hydrogen-bond donors (Lipinski definition) is 2. The van der Waals surface area contributed by atoms with E-state index in [0.29, 0.717) is 11.6 Å². The van der Waals surface area contributed by atoms with E-state index in [1.807, 2.05) is 44.2 Å². The van der Waals surface area contributed by atoms with E-state index in [4.69, 9.17) is 0 Å². The lowest BCUT2D eigenvalue weighted by atomic mass is 10.0. The number of rotatable bonds is 5. The van der Waals surface area contributed by atoms with Crippen LogP contribution in [-0.2, 0) is 4.79 Å². The first kappa shape index (κ1) is 15.7. The lowest BCUT2D eigenvalue weighted by molar-refractivity contribution is -0.119. The second-order valence-corrected chi connectivity index (χ2v) is 6.35. The molecule has 1 amide bonds. The molecule has 1 fully saturated rings. The van der Waals surface area contributed by atoms with Crippen LogP contribution < -0.4 is 5.32 Å². The average molecular weight is 310 g/mol. The maximum absolute atomic E-state index is 12.3. The zero-order chi connectivity index (χ0) is 16.4. The van der Waals surface area contributed by atoms with E-state index in [9.17, 15) is 9.90 Å². The number of aromatic nitrogens is 1. The Kier molecular flexibility index (Phi) is 4.44. The van der Waals surface area contributed by atoms with Gasteiger partial charge in [-0.15, -0.1) is 0 Å². The molecular formula is C19H22N2O2. The van der Waals surface area contributed by atoms with Gasteiger partial charge in [-0.05, 0) is 55.0 Å². The van der Waals surface area contributed by atoms with Gasteiger partial charge in [0.25, 0.3) is 0 Å². The molecule has 0 aliphatic heterocycles. The number of aryl methyl sites for hydroxylation is 1. The molecule has 23 heavy (non-hydrogen) atoms. The Balaban J connectivity index is 1.80. The number of amides is 1. The molecule has 2 aromatic rings. The van der Waals surface area contributed by atoms with Crippen LogP contribution in [0.5, 0.6) is 0 Å². The summed E-state index contributed by atoms with van der Waals surface area (Å²) in [5.74, 6) is 0.622. The van der Waals surface area contributed by atoms with Gasteiger partial charge in [0.2, 0.25) is 5.91 Å². The van der Waals surface area contributed by atoms with E-state index in [-0.39, 0.29) is 11.8 Å². The standard InChI is InChI=1S/C19H22N2O2/c1-12-6-7-15(18(22)16-5-3-4-10-20-16)11-17(12)21-19(23)13(2)14-8-9-14/h3-7,10-11,13-14,18,22H,8-9H2,1-2H3,(H,21,23)/t13-,18-/m1/s1. The van der Waals surface area contributed by atoms with Gasteiger partial charge in [0.15, 0.2) is 0 Å². The van der Waals surface area contributed by atoms with Gasteiger partial charge in [-0.2, -0.15) is 0 Å². The summed E-state index contributed by atoms with van der Waals surface area (Å²) in [5, 5.41) is 13.5. The fraction of sp³-hybridized carbons (Fsp3) is 0.368. The van der Waals surface area contributed by atoms with Crippen LogP contribution in [-0.4, -0.2) is 16.0 Å². The van der Waals surface area contributed by atoms with E-state index >= 15 is 0 Å². The minimum atomic E-state index is -0.798. The molecule has 2 N–H and O–H groups in total. The molecule has 2 atom stereocenters. The zero-order valence-electron chi connectivity index (χ0n) is 13.5. The molecule has 0 spiro atoms. The maximum Gasteiger partial charge on any atom is 0.227 e. The monoisotopic (exact) mass is 310 g/mol. The number of aliphatic hydroxyl groups excluding tert-OH is 1. The molecule has 4 heteroatoms. The molecule has 1 saturated carbocycles. The Labute approximate surface area is 136 Å². The largest absolute Gasteiger partial charge is 0.382 e. The molecule has 1 aliphatic rings. The molecule has 4 nitrogen and oxygen atoms in total. The minimum absolute atomic E-state index is 0.0405. The fourth-order valence-corrected chi connectivity index (χ4v) is 2.71. The van der Waals surface area contributed by atoms with E-state index in [2.05, 4.69) is 10.3 Å². The third-order valence-corrected chi connectivity index (χ3v) is 4.55. The quantitative estimate of drug-likeness (QED) is 0.889. The Bertz CT molecular complexity index is 696. The Morgan fingerprint density at radius 2 is 2.09 bits per heavy atom. The number of pyridine rings is 1. The van der Waals surface area contributed by atoms with Crippen LogP contribution in [0.3, 0.4) is 0 Å². The minimum Gasteiger partial charge on any atom is -0.382 e. The van der Waals surface area contributed by atoms with Crippen LogP contribution >= 0.6 is 0 Å². The summed E-state index contributed by atoms with van der Waals surface area (Å²) in [7, 11) is 0. The summed E-state index contributed by atoms with van der Waals surface area (Å²) >= 11 is 0. The van der Waals surface area contributed by atoms with E-state index in [1.165, 1.54) is 0 Å². The molecule has 0 radical (unpaired) electrons. The normalized spacial score (nSPS) is 16.7. The molecule has 0 bridgehead atoms. The van der Waals surface area contributed by atoms with Gasteiger partial charge in [0.1, 0.15) is 6.10 Å². The summed E-state index contributed by atoms with van der Waals surface area (Å²) in [6.07, 6.45) is 3.15. The van der Waals surface area contributed by atoms with Gasteiger partial charge in [-0.1, -0.05) is 25.1 Å². The molecule has 3 rings (SSSR count). The highest BCUT2D eigenvalue weighted by Gasteiger charge is 2.32. The van der Waals surface area contributed by atoms with E-state index in [1.54, 1.807) is 12.3 Å². The second-order valence-electron chi connectivity index (χ2n) is 6.35. The van der Waals surface area contributed by atoms with Gasteiger partial charge in [-0.3, -0.25) is 9.78 Å². The number of anilines is 1. The highest BCUT2D eigenvalue weighted by molar-refractivity contribution is 5.93. The van der Waals surface area contributed by atoms with Crippen LogP contribution in [0.15, 0.2) is 42.6 Å². The van der Waals surface area contributed by atoms with Crippen LogP contribution in [0.1, 0.15) is 42.7 Å². The zero-order valence-corrected chi connectivity index (χ0v) is 13.5. The van der Waals surface area contributed by atoms with E-state index in [0.717, 1.165) is 29.7 Å². The second kappa shape index (κ2) is 6.50. The third kappa shape index (κ3) is 3.59. The summed E-state index contributed by atoms with van der Waals surface area (Å²) in [4.78, 5) is 16.5. The Hall–Kier alpha value is -2.20. The van der Waals surface area contributed by atoms with Gasteiger partial charge in [0.05, 0.1) is 5.69 Å². The van der Waals surface area contributed by atoms with Crippen LogP contribution in [0, 0.1) is 18.8 Å². The predicted molar refractivity (Wildman–Crippen MR) is 90.0 cm³/mol. The molecule has 1 aromatic heterocycles. The van der Waals surface area contributed by atoms with Gasteiger partial charge in [0, 0.05) is 17.8 Å². The summed E-state index contributed by atoms with van der Waals surface area (Å²) in [6, 6.07) is 11.1. The molecule has 120 valence electrons. The van der Waals surface area contributed by atoms with Crippen molar-refractivity contribution in [3.8, 4) is 0 Å². The number of nitrogens with one attached hydrogen (secondary N) is 1. The van der Waals surface area contributed by atoms with Crippen molar-refractivity contribution in [1.29, 1.82) is 0 Å². The topological polar surface area (TPSA) is 62.2 Å². The number of carbonyl (C=O) groups excluding carboxylic acids is 1. The molecular weight excluding hydrogens is 288 g/mol. The predicted octanol–water partition coefficient (Wildman–Crippen LogP) is 3.46. The fourth-order valence-electron chi connectivity index (χ4n) is 2.71. The summed E-state index contributed by atoms with van der Waals surface area (Å²) < 4.78 is 0. The number of hydrogen-bond acceptors (Lipinski definition) is 3. The van der Waals surface area contributed by atoms with Gasteiger partial charge >= 0.3 is 0 Å². The number of carbonyl (C=O) groups is 1. The van der Waals surface area contributed by atoms with E-state index < -0.39 is 6.10 Å². The highest BCUT2D eigenvalue weighted by Crippen LogP contribution is 2.37.